The van der Waals surface area contributed by atoms with Crippen LogP contribution in [0.15, 0.2) is 53.5 Å². The maximum atomic E-state index is 12.5. The molecule has 11 heteroatoms. The number of pyridine rings is 2. The lowest BCUT2D eigenvalue weighted by molar-refractivity contribution is -0.386. The predicted octanol–water partition coefficient (Wildman–Crippen LogP) is 1.40. The van der Waals surface area contributed by atoms with E-state index in [1.165, 1.54) is 42.6 Å². The Morgan fingerprint density at radius 3 is 2.66 bits per heavy atom. The van der Waals surface area contributed by atoms with Crippen molar-refractivity contribution in [2.24, 2.45) is 0 Å². The molecule has 3 N–H and O–H groups in total. The third-order valence-electron chi connectivity index (χ3n) is 4.19. The van der Waals surface area contributed by atoms with E-state index < -0.39 is 22.3 Å². The Hall–Kier alpha value is -4.54. The van der Waals surface area contributed by atoms with E-state index >= 15 is 0 Å². The summed E-state index contributed by atoms with van der Waals surface area (Å²) < 4.78 is 6.54. The summed E-state index contributed by atoms with van der Waals surface area (Å²) in [5.74, 6) is -1.68. The van der Waals surface area contributed by atoms with Crippen LogP contribution < -0.4 is 21.3 Å². The van der Waals surface area contributed by atoms with E-state index in [-0.39, 0.29) is 39.9 Å². The molecule has 0 atom stereocenters. The first-order valence-corrected chi connectivity index (χ1v) is 8.15. The number of nitrogens with one attached hydrogen (secondary N) is 1. The zero-order valence-electron chi connectivity index (χ0n) is 14.5. The van der Waals surface area contributed by atoms with Crippen LogP contribution in [-0.2, 0) is 0 Å². The number of carbonyl (C=O) groups is 2. The zero-order chi connectivity index (χ0) is 20.7. The van der Waals surface area contributed by atoms with Crippen molar-refractivity contribution >= 4 is 23.3 Å². The first-order valence-electron chi connectivity index (χ1n) is 8.15. The number of nitrogens with zero attached hydrogens (tertiary/aromatic N) is 3. The second kappa shape index (κ2) is 6.56. The van der Waals surface area contributed by atoms with Gasteiger partial charge in [0, 0.05) is 24.4 Å². The molecule has 11 nitrogen and oxygen atoms in total. The van der Waals surface area contributed by atoms with E-state index in [2.05, 4.69) is 10.3 Å². The van der Waals surface area contributed by atoms with Crippen LogP contribution in [0.3, 0.4) is 0 Å². The number of anilines is 1. The van der Waals surface area contributed by atoms with E-state index in [0.717, 1.165) is 10.6 Å². The number of carbonyl (C=O) groups excluding carboxylic acids is 2. The minimum atomic E-state index is -0.701. The first kappa shape index (κ1) is 17.9. The van der Waals surface area contributed by atoms with Crippen LogP contribution >= 0.6 is 0 Å². The van der Waals surface area contributed by atoms with Gasteiger partial charge in [-0.15, -0.1) is 0 Å². The molecule has 3 aromatic rings. The maximum Gasteiger partial charge on any atom is 0.331 e. The number of nitrogens with two attached hydrogens (primary N) is 1. The molecule has 0 bridgehead atoms. The molecule has 29 heavy (non-hydrogen) atoms. The number of amides is 2. The van der Waals surface area contributed by atoms with Gasteiger partial charge in [-0.1, -0.05) is 6.07 Å². The Balaban J connectivity index is 1.79. The number of aromatic nitrogens is 2. The van der Waals surface area contributed by atoms with Crippen LogP contribution in [-0.4, -0.2) is 26.3 Å². The van der Waals surface area contributed by atoms with Crippen molar-refractivity contribution in [1.29, 1.82) is 0 Å². The highest BCUT2D eigenvalue weighted by Crippen LogP contribution is 2.30. The third-order valence-corrected chi connectivity index (χ3v) is 4.19. The number of fused-ring (bicyclic) bond motifs is 1. The molecule has 1 aliphatic rings. The van der Waals surface area contributed by atoms with Crippen molar-refractivity contribution in [2.75, 3.05) is 5.73 Å². The van der Waals surface area contributed by atoms with Crippen LogP contribution in [0.25, 0.3) is 5.69 Å². The van der Waals surface area contributed by atoms with Gasteiger partial charge in [-0.2, -0.15) is 0 Å². The minimum absolute atomic E-state index is 0.0923. The molecule has 3 heterocycles. The van der Waals surface area contributed by atoms with Gasteiger partial charge in [0.05, 0.1) is 21.7 Å². The molecule has 2 amide bonds. The summed E-state index contributed by atoms with van der Waals surface area (Å²) in [6, 6.07) is 9.62. The molecule has 4 rings (SSSR count). The molecule has 0 aliphatic carbocycles. The van der Waals surface area contributed by atoms with Gasteiger partial charge in [0.2, 0.25) is 0 Å². The van der Waals surface area contributed by atoms with Gasteiger partial charge in [-0.05, 0) is 18.2 Å². The zero-order valence-corrected chi connectivity index (χ0v) is 14.5. The summed E-state index contributed by atoms with van der Waals surface area (Å²) in [4.78, 5) is 50.6. The van der Waals surface area contributed by atoms with Crippen LogP contribution in [0, 0.1) is 10.1 Å². The quantitative estimate of drug-likeness (QED) is 0.382. The van der Waals surface area contributed by atoms with E-state index in [0.29, 0.717) is 0 Å². The molecule has 0 unspecified atom stereocenters. The highest BCUT2D eigenvalue weighted by molar-refractivity contribution is 6.23. The van der Waals surface area contributed by atoms with Gasteiger partial charge in [-0.25, -0.2) is 4.98 Å². The highest BCUT2D eigenvalue weighted by Gasteiger charge is 2.31. The van der Waals surface area contributed by atoms with E-state index in [9.17, 15) is 24.5 Å². The standard InChI is InChI=1S/C18H11N5O6/c19-15-14-11(16(25)21-17(14)26)8-13(24)22(15)9-3-1-4-10(7-9)29-18-12(23(27)28)5-2-6-20-18/h1-8H,19H2,(H,21,25,26). The number of benzene rings is 1. The van der Waals surface area contributed by atoms with E-state index in [1.54, 1.807) is 0 Å². The summed E-state index contributed by atoms with van der Waals surface area (Å²) in [5.41, 5.74) is 5.08. The summed E-state index contributed by atoms with van der Waals surface area (Å²) in [5, 5.41) is 13.2. The molecule has 0 radical (unpaired) electrons. The fourth-order valence-electron chi connectivity index (χ4n) is 2.94. The van der Waals surface area contributed by atoms with Gasteiger partial charge in [0.1, 0.15) is 11.6 Å². The number of imide groups is 1. The average Bonchev–Trinajstić information content (AvgIpc) is 2.96. The van der Waals surface area contributed by atoms with Gasteiger partial charge in [0.25, 0.3) is 23.3 Å². The molecule has 0 saturated carbocycles. The Bertz CT molecular complexity index is 1270. The van der Waals surface area contributed by atoms with Gasteiger partial charge >= 0.3 is 5.69 Å². The van der Waals surface area contributed by atoms with Crippen LogP contribution in [0.2, 0.25) is 0 Å². The lowest BCUT2D eigenvalue weighted by Gasteiger charge is -2.13. The van der Waals surface area contributed by atoms with Crippen LogP contribution in [0.1, 0.15) is 20.7 Å². The Morgan fingerprint density at radius 1 is 1.10 bits per heavy atom. The molecular formula is C18H11N5O6. The summed E-state index contributed by atoms with van der Waals surface area (Å²) in [6.07, 6.45) is 1.34. The fourth-order valence-corrected chi connectivity index (χ4v) is 2.94. The lowest BCUT2D eigenvalue weighted by atomic mass is 10.1. The van der Waals surface area contributed by atoms with Crippen molar-refractivity contribution in [3.8, 4) is 17.3 Å². The smallest absolute Gasteiger partial charge is 0.331 e. The molecule has 1 aliphatic heterocycles. The number of ether oxygens (including phenoxy) is 1. The number of rotatable bonds is 4. The predicted molar refractivity (Wildman–Crippen MR) is 99.2 cm³/mol. The molecule has 0 saturated heterocycles. The summed E-state index contributed by atoms with van der Waals surface area (Å²) in [6.45, 7) is 0. The molecule has 0 spiro atoms. The second-order valence-corrected chi connectivity index (χ2v) is 5.96. The minimum Gasteiger partial charge on any atom is -0.434 e. The van der Waals surface area contributed by atoms with Gasteiger partial charge < -0.3 is 10.5 Å². The third kappa shape index (κ3) is 2.96. The summed E-state index contributed by atoms with van der Waals surface area (Å²) >= 11 is 0. The molecule has 2 aromatic heterocycles. The summed E-state index contributed by atoms with van der Waals surface area (Å²) in [7, 11) is 0. The van der Waals surface area contributed by atoms with Crippen LogP contribution in [0.4, 0.5) is 11.5 Å². The molecule has 1 aromatic carbocycles. The van der Waals surface area contributed by atoms with Crippen molar-refractivity contribution in [3.63, 3.8) is 0 Å². The number of hydrogen-bond acceptors (Lipinski definition) is 8. The van der Waals surface area contributed by atoms with Crippen molar-refractivity contribution in [2.45, 2.75) is 0 Å². The lowest BCUT2D eigenvalue weighted by Crippen LogP contribution is -2.24. The largest absolute Gasteiger partial charge is 0.434 e. The van der Waals surface area contributed by atoms with Crippen LogP contribution in [0.5, 0.6) is 11.6 Å². The van der Waals surface area contributed by atoms with Crippen molar-refractivity contribution < 1.29 is 19.2 Å². The van der Waals surface area contributed by atoms with Crippen molar-refractivity contribution in [3.05, 3.63) is 80.3 Å². The Labute approximate surface area is 161 Å². The van der Waals surface area contributed by atoms with Gasteiger partial charge in [0.15, 0.2) is 0 Å². The Kier molecular flexibility index (Phi) is 4.04. The average molecular weight is 393 g/mol. The molecule has 144 valence electrons. The topological polar surface area (TPSA) is 159 Å². The number of nitro groups is 1. The van der Waals surface area contributed by atoms with Crippen molar-refractivity contribution in [1.82, 2.24) is 14.9 Å². The number of nitrogen functional groups attached to an aromatic ring is 1. The molecular weight excluding hydrogens is 382 g/mol. The fraction of sp³-hybridized carbons (Fsp3) is 0. The Morgan fingerprint density at radius 2 is 1.90 bits per heavy atom. The number of hydrogen-bond donors (Lipinski definition) is 2. The van der Waals surface area contributed by atoms with E-state index in [4.69, 9.17) is 10.5 Å². The van der Waals surface area contributed by atoms with E-state index in [1.807, 2.05) is 0 Å². The normalized spacial score (nSPS) is 12.4. The van der Waals surface area contributed by atoms with Gasteiger partial charge in [-0.3, -0.25) is 34.4 Å². The highest BCUT2D eigenvalue weighted by atomic mass is 16.6. The first-order chi connectivity index (χ1) is 13.9. The maximum absolute atomic E-state index is 12.5. The SMILES string of the molecule is Nc1c2c(cc(=O)n1-c1cccc(Oc3ncccc3[N+](=O)[O-])c1)C(=O)NC2=O. The monoisotopic (exact) mass is 393 g/mol. The molecule has 0 fully saturated rings. The second-order valence-electron chi connectivity index (χ2n) is 5.96.